The molecule has 0 bridgehead atoms. The molecule has 1 aliphatic carbocycles. The molecule has 1 atom stereocenters. The van der Waals surface area contributed by atoms with Gasteiger partial charge in [-0.1, -0.05) is 19.9 Å². The molecule has 0 radical (unpaired) electrons. The van der Waals surface area contributed by atoms with E-state index in [1.807, 2.05) is 6.08 Å². The summed E-state index contributed by atoms with van der Waals surface area (Å²) in [5, 5.41) is 0. The Hall–Kier alpha value is -0.630. The highest BCUT2D eigenvalue weighted by Crippen LogP contribution is 2.42. The van der Waals surface area contributed by atoms with Crippen LogP contribution < -0.4 is 0 Å². The van der Waals surface area contributed by atoms with Gasteiger partial charge in [-0.05, 0) is 24.3 Å². The van der Waals surface area contributed by atoms with Crippen LogP contribution in [0.3, 0.4) is 0 Å². The van der Waals surface area contributed by atoms with E-state index in [0.717, 1.165) is 25.9 Å². The van der Waals surface area contributed by atoms with Crippen LogP contribution in [0.5, 0.6) is 0 Å². The van der Waals surface area contributed by atoms with Gasteiger partial charge in [0.2, 0.25) is 0 Å². The van der Waals surface area contributed by atoms with Crippen LogP contribution in [-0.2, 0) is 9.53 Å². The van der Waals surface area contributed by atoms with Crippen molar-refractivity contribution in [2.45, 2.75) is 38.7 Å². The number of carbonyl (C=O) groups is 1. The van der Waals surface area contributed by atoms with Crippen LogP contribution in [0, 0.1) is 5.41 Å². The van der Waals surface area contributed by atoms with Gasteiger partial charge in [0, 0.05) is 13.0 Å². The highest BCUT2D eigenvalue weighted by atomic mass is 16.5. The van der Waals surface area contributed by atoms with Gasteiger partial charge in [0.1, 0.15) is 5.60 Å². The second-order valence-electron chi connectivity index (χ2n) is 4.90. The Balaban J connectivity index is 2.20. The lowest BCUT2D eigenvalue weighted by atomic mass is 9.74. The van der Waals surface area contributed by atoms with Crippen LogP contribution in [0.15, 0.2) is 12.2 Å². The first kappa shape index (κ1) is 8.95. The lowest BCUT2D eigenvalue weighted by molar-refractivity contribution is -0.153. The van der Waals surface area contributed by atoms with Gasteiger partial charge in [-0.3, -0.25) is 4.79 Å². The number of hydrogen-bond acceptors (Lipinski definition) is 2. The molecule has 0 aromatic heterocycles. The first-order valence-electron chi connectivity index (χ1n) is 4.89. The second-order valence-corrected chi connectivity index (χ2v) is 4.90. The molecule has 0 aromatic carbocycles. The van der Waals surface area contributed by atoms with Crippen LogP contribution in [0.4, 0.5) is 0 Å². The Labute approximate surface area is 79.0 Å². The molecule has 13 heavy (non-hydrogen) atoms. The van der Waals surface area contributed by atoms with Crippen molar-refractivity contribution in [2.75, 3.05) is 6.61 Å². The Morgan fingerprint density at radius 1 is 1.46 bits per heavy atom. The smallest absolute Gasteiger partial charge is 0.187 e. The first-order chi connectivity index (χ1) is 6.04. The van der Waals surface area contributed by atoms with Gasteiger partial charge in [-0.25, -0.2) is 0 Å². The van der Waals surface area contributed by atoms with Crippen LogP contribution in [0.2, 0.25) is 0 Å². The third kappa shape index (κ3) is 1.44. The summed E-state index contributed by atoms with van der Waals surface area (Å²) in [7, 11) is 0. The highest BCUT2D eigenvalue weighted by molar-refractivity contribution is 5.99. The largest absolute Gasteiger partial charge is 0.366 e. The lowest BCUT2D eigenvalue weighted by Gasteiger charge is -2.41. The Morgan fingerprint density at radius 2 is 2.23 bits per heavy atom. The van der Waals surface area contributed by atoms with E-state index in [2.05, 4.69) is 13.8 Å². The van der Waals surface area contributed by atoms with Crippen LogP contribution in [0.1, 0.15) is 33.1 Å². The summed E-state index contributed by atoms with van der Waals surface area (Å²) in [6, 6.07) is 0. The molecule has 1 spiro atoms. The molecule has 1 saturated heterocycles. The summed E-state index contributed by atoms with van der Waals surface area (Å²) in [5.41, 5.74) is -0.234. The van der Waals surface area contributed by atoms with E-state index in [1.54, 1.807) is 6.08 Å². The quantitative estimate of drug-likeness (QED) is 0.570. The Kier molecular flexibility index (Phi) is 1.84. The maximum absolute atomic E-state index is 11.6. The second kappa shape index (κ2) is 2.68. The van der Waals surface area contributed by atoms with E-state index in [9.17, 15) is 4.79 Å². The van der Waals surface area contributed by atoms with Crippen molar-refractivity contribution in [3.8, 4) is 0 Å². The van der Waals surface area contributed by atoms with Crippen molar-refractivity contribution >= 4 is 5.78 Å². The lowest BCUT2D eigenvalue weighted by Crippen LogP contribution is -2.46. The van der Waals surface area contributed by atoms with E-state index in [4.69, 9.17) is 4.74 Å². The highest BCUT2D eigenvalue weighted by Gasteiger charge is 2.46. The summed E-state index contributed by atoms with van der Waals surface area (Å²) in [5.74, 6) is 0.167. The number of hydrogen-bond donors (Lipinski definition) is 0. The van der Waals surface area contributed by atoms with Gasteiger partial charge < -0.3 is 4.74 Å². The summed E-state index contributed by atoms with van der Waals surface area (Å²) < 4.78 is 5.66. The molecule has 0 saturated carbocycles. The van der Waals surface area contributed by atoms with Gasteiger partial charge in [0.15, 0.2) is 5.78 Å². The van der Waals surface area contributed by atoms with Crippen LogP contribution in [0.25, 0.3) is 0 Å². The fraction of sp³-hybridized carbons (Fsp3) is 0.727. The van der Waals surface area contributed by atoms with E-state index in [1.165, 1.54) is 0 Å². The fourth-order valence-electron chi connectivity index (χ4n) is 2.33. The molecule has 1 unspecified atom stereocenters. The van der Waals surface area contributed by atoms with Crippen molar-refractivity contribution in [3.05, 3.63) is 12.2 Å². The Bertz CT molecular complexity index is 265. The van der Waals surface area contributed by atoms with Gasteiger partial charge >= 0.3 is 0 Å². The van der Waals surface area contributed by atoms with Crippen LogP contribution >= 0.6 is 0 Å². The van der Waals surface area contributed by atoms with Crippen molar-refractivity contribution in [2.24, 2.45) is 5.41 Å². The summed E-state index contributed by atoms with van der Waals surface area (Å²) >= 11 is 0. The maximum atomic E-state index is 11.6. The minimum Gasteiger partial charge on any atom is -0.366 e. The summed E-state index contributed by atoms with van der Waals surface area (Å²) in [6.07, 6.45) is 6.30. The predicted molar refractivity (Wildman–Crippen MR) is 50.5 cm³/mol. The van der Waals surface area contributed by atoms with E-state index in [-0.39, 0.29) is 11.2 Å². The molecular formula is C11H16O2. The van der Waals surface area contributed by atoms with Gasteiger partial charge in [-0.2, -0.15) is 0 Å². The average molecular weight is 180 g/mol. The molecule has 0 amide bonds. The average Bonchev–Trinajstić information content (AvgIpc) is 2.31. The van der Waals surface area contributed by atoms with E-state index in [0.29, 0.717) is 0 Å². The molecule has 2 rings (SSSR count). The Morgan fingerprint density at radius 3 is 2.77 bits per heavy atom. The number of rotatable bonds is 0. The molecule has 2 nitrogen and oxygen atoms in total. The maximum Gasteiger partial charge on any atom is 0.187 e. The molecule has 1 aliphatic heterocycles. The van der Waals surface area contributed by atoms with Crippen LogP contribution in [-0.4, -0.2) is 18.0 Å². The van der Waals surface area contributed by atoms with Crippen molar-refractivity contribution in [3.63, 3.8) is 0 Å². The van der Waals surface area contributed by atoms with Gasteiger partial charge in [-0.15, -0.1) is 0 Å². The number of carbonyl (C=O) groups excluding carboxylic acids is 1. The third-order valence-electron chi connectivity index (χ3n) is 3.09. The van der Waals surface area contributed by atoms with Crippen molar-refractivity contribution in [1.29, 1.82) is 0 Å². The molecule has 1 heterocycles. The topological polar surface area (TPSA) is 26.3 Å². The zero-order valence-electron chi connectivity index (χ0n) is 8.30. The fourth-order valence-corrected chi connectivity index (χ4v) is 2.33. The van der Waals surface area contributed by atoms with Gasteiger partial charge in [0.05, 0.1) is 0 Å². The third-order valence-corrected chi connectivity index (χ3v) is 3.09. The number of ketones is 1. The molecule has 2 aliphatic rings. The molecule has 0 aromatic rings. The number of ether oxygens (including phenoxy) is 1. The minimum absolute atomic E-state index is 0.167. The molecule has 0 N–H and O–H groups in total. The summed E-state index contributed by atoms with van der Waals surface area (Å²) in [4.78, 5) is 11.6. The zero-order chi connectivity index (χ0) is 9.53. The molecular weight excluding hydrogens is 164 g/mol. The minimum atomic E-state index is -0.484. The van der Waals surface area contributed by atoms with Crippen molar-refractivity contribution < 1.29 is 9.53 Å². The monoisotopic (exact) mass is 180 g/mol. The standard InChI is InChI=1S/C11H16O2/c1-10(2)6-7-13-11(8-10)5-3-4-9(11)12/h3-4H,5-8H2,1-2H3. The molecule has 72 valence electrons. The normalized spacial score (nSPS) is 37.2. The van der Waals surface area contributed by atoms with E-state index >= 15 is 0 Å². The zero-order valence-corrected chi connectivity index (χ0v) is 8.30. The molecule has 1 fully saturated rings. The SMILES string of the molecule is CC1(C)CCOC2(CC=CC2=O)C1. The van der Waals surface area contributed by atoms with Crippen molar-refractivity contribution in [1.82, 2.24) is 0 Å². The van der Waals surface area contributed by atoms with Gasteiger partial charge in [0.25, 0.3) is 0 Å². The van der Waals surface area contributed by atoms with E-state index < -0.39 is 5.60 Å². The first-order valence-corrected chi connectivity index (χ1v) is 4.89. The summed E-state index contributed by atoms with van der Waals surface area (Å²) in [6.45, 7) is 5.14. The molecule has 2 heteroatoms. The predicted octanol–water partition coefficient (Wildman–Crippen LogP) is 2.09.